The summed E-state index contributed by atoms with van der Waals surface area (Å²) < 4.78 is 7.87. The molecule has 1 radical (unpaired) electrons. The molecule has 0 aliphatic carbocycles. The normalized spacial score (nSPS) is 9.70. The molecule has 0 unspecified atom stereocenters. The minimum absolute atomic E-state index is 0. The SMILES string of the molecule is C=CCOc1ccc(-c2[c-]ccc(=O)n2C)c(Br)c1.[Y]. The molecule has 20 heavy (non-hydrogen) atoms. The van der Waals surface area contributed by atoms with Gasteiger partial charge in [0, 0.05) is 39.8 Å². The first-order chi connectivity index (χ1) is 9.13. The number of hydrogen-bond donors (Lipinski definition) is 0. The first-order valence-corrected chi connectivity index (χ1v) is 6.54. The summed E-state index contributed by atoms with van der Waals surface area (Å²) in [5, 5.41) is 0. The summed E-state index contributed by atoms with van der Waals surface area (Å²) >= 11 is 3.49. The van der Waals surface area contributed by atoms with Gasteiger partial charge in [-0.05, 0) is 16.6 Å². The summed E-state index contributed by atoms with van der Waals surface area (Å²) in [5.74, 6) is 0.747. The van der Waals surface area contributed by atoms with Crippen LogP contribution in [0.3, 0.4) is 0 Å². The minimum Gasteiger partial charge on any atom is -0.490 e. The Morgan fingerprint density at radius 2 is 2.20 bits per heavy atom. The van der Waals surface area contributed by atoms with E-state index in [0.29, 0.717) is 6.61 Å². The molecule has 0 fully saturated rings. The van der Waals surface area contributed by atoms with Gasteiger partial charge in [0.15, 0.2) is 5.56 Å². The van der Waals surface area contributed by atoms with E-state index in [1.54, 1.807) is 23.8 Å². The Labute approximate surface area is 151 Å². The molecule has 1 heterocycles. The molecule has 0 saturated heterocycles. The molecule has 0 atom stereocenters. The molecule has 0 saturated carbocycles. The third-order valence-electron chi connectivity index (χ3n) is 2.68. The third-order valence-corrected chi connectivity index (χ3v) is 3.33. The number of aromatic nitrogens is 1. The first-order valence-electron chi connectivity index (χ1n) is 5.75. The van der Waals surface area contributed by atoms with Gasteiger partial charge >= 0.3 is 0 Å². The molecule has 0 aliphatic rings. The zero-order valence-electron chi connectivity index (χ0n) is 11.1. The molecule has 101 valence electrons. The van der Waals surface area contributed by atoms with Crippen molar-refractivity contribution in [3.8, 4) is 17.0 Å². The number of halogens is 1. The van der Waals surface area contributed by atoms with Gasteiger partial charge in [-0.1, -0.05) is 45.9 Å². The molecule has 2 aromatic rings. The van der Waals surface area contributed by atoms with Crippen molar-refractivity contribution in [2.24, 2.45) is 7.05 Å². The Kier molecular flexibility index (Phi) is 6.86. The number of hydrogen-bond acceptors (Lipinski definition) is 2. The summed E-state index contributed by atoms with van der Waals surface area (Å²) in [6, 6.07) is 11.8. The number of pyridine rings is 1. The monoisotopic (exact) mass is 407 g/mol. The minimum atomic E-state index is -0.0624. The van der Waals surface area contributed by atoms with E-state index in [9.17, 15) is 4.79 Å². The molecule has 1 aromatic heterocycles. The summed E-state index contributed by atoms with van der Waals surface area (Å²) in [7, 11) is 1.72. The maximum Gasteiger partial charge on any atom is 0.194 e. The largest absolute Gasteiger partial charge is 0.490 e. The molecule has 0 N–H and O–H groups in total. The molecule has 3 nitrogen and oxygen atoms in total. The van der Waals surface area contributed by atoms with Crippen molar-refractivity contribution in [3.05, 3.63) is 63.9 Å². The van der Waals surface area contributed by atoms with Crippen molar-refractivity contribution in [2.45, 2.75) is 0 Å². The van der Waals surface area contributed by atoms with Crippen LogP contribution in [0, 0.1) is 6.07 Å². The van der Waals surface area contributed by atoms with Gasteiger partial charge in [-0.2, -0.15) is 12.1 Å². The Bertz CT molecular complexity index is 667. The van der Waals surface area contributed by atoms with Gasteiger partial charge in [-0.15, -0.1) is 6.07 Å². The molecule has 0 bridgehead atoms. The average molecular weight is 408 g/mol. The fourth-order valence-electron chi connectivity index (χ4n) is 1.70. The number of ether oxygens (including phenoxy) is 1. The summed E-state index contributed by atoms with van der Waals surface area (Å²) in [6.45, 7) is 4.06. The van der Waals surface area contributed by atoms with Crippen LogP contribution in [-0.2, 0) is 39.8 Å². The molecule has 5 heteroatoms. The molecule has 0 spiro atoms. The van der Waals surface area contributed by atoms with E-state index in [2.05, 4.69) is 28.6 Å². The van der Waals surface area contributed by atoms with E-state index in [-0.39, 0.29) is 38.3 Å². The second kappa shape index (κ2) is 7.91. The molecule has 0 aliphatic heterocycles. The Hall–Kier alpha value is -0.706. The number of rotatable bonds is 4. The number of nitrogens with zero attached hydrogens (tertiary/aromatic N) is 1. The van der Waals surface area contributed by atoms with Gasteiger partial charge < -0.3 is 9.30 Å². The van der Waals surface area contributed by atoms with Crippen LogP contribution in [0.25, 0.3) is 11.3 Å². The predicted octanol–water partition coefficient (Wildman–Crippen LogP) is 3.18. The molecule has 0 amide bonds. The van der Waals surface area contributed by atoms with Crippen molar-refractivity contribution in [1.82, 2.24) is 4.57 Å². The first kappa shape index (κ1) is 17.3. The van der Waals surface area contributed by atoms with Gasteiger partial charge in [0.1, 0.15) is 12.4 Å². The van der Waals surface area contributed by atoms with E-state index in [4.69, 9.17) is 4.74 Å². The van der Waals surface area contributed by atoms with Crippen LogP contribution in [0.1, 0.15) is 0 Å². The summed E-state index contributed by atoms with van der Waals surface area (Å²) in [5.41, 5.74) is 1.56. The van der Waals surface area contributed by atoms with Crippen molar-refractivity contribution in [1.29, 1.82) is 0 Å². The van der Waals surface area contributed by atoms with E-state index in [1.807, 2.05) is 18.2 Å². The van der Waals surface area contributed by atoms with Crippen LogP contribution in [0.5, 0.6) is 5.75 Å². The second-order valence-corrected chi connectivity index (χ2v) is 4.82. The van der Waals surface area contributed by atoms with Gasteiger partial charge in [-0.25, -0.2) is 0 Å². The second-order valence-electron chi connectivity index (χ2n) is 3.96. The Morgan fingerprint density at radius 3 is 2.85 bits per heavy atom. The fourth-order valence-corrected chi connectivity index (χ4v) is 2.25. The van der Waals surface area contributed by atoms with E-state index < -0.39 is 0 Å². The van der Waals surface area contributed by atoms with Crippen molar-refractivity contribution in [2.75, 3.05) is 6.61 Å². The van der Waals surface area contributed by atoms with Crippen molar-refractivity contribution < 1.29 is 37.4 Å². The third kappa shape index (κ3) is 3.90. The Balaban J connectivity index is 0.00000200. The molecular formula is C15H13BrNO2Y-. The maximum atomic E-state index is 11.6. The zero-order chi connectivity index (χ0) is 13.8. The van der Waals surface area contributed by atoms with Crippen molar-refractivity contribution >= 4 is 15.9 Å². The fraction of sp³-hybridized carbons (Fsp3) is 0.133. The van der Waals surface area contributed by atoms with Gasteiger partial charge in [0.05, 0.1) is 0 Å². The van der Waals surface area contributed by atoms with Crippen LogP contribution < -0.4 is 10.3 Å². The van der Waals surface area contributed by atoms with Gasteiger partial charge in [0.25, 0.3) is 0 Å². The van der Waals surface area contributed by atoms with E-state index in [1.165, 1.54) is 6.07 Å². The van der Waals surface area contributed by atoms with Crippen LogP contribution in [0.4, 0.5) is 0 Å². The topological polar surface area (TPSA) is 31.2 Å². The summed E-state index contributed by atoms with van der Waals surface area (Å²) in [4.78, 5) is 11.6. The number of benzene rings is 1. The van der Waals surface area contributed by atoms with E-state index >= 15 is 0 Å². The van der Waals surface area contributed by atoms with Crippen molar-refractivity contribution in [3.63, 3.8) is 0 Å². The predicted molar refractivity (Wildman–Crippen MR) is 79.3 cm³/mol. The van der Waals surface area contributed by atoms with Crippen LogP contribution >= 0.6 is 15.9 Å². The van der Waals surface area contributed by atoms with Crippen LogP contribution in [0.2, 0.25) is 0 Å². The van der Waals surface area contributed by atoms with Crippen LogP contribution in [0.15, 0.2) is 52.3 Å². The smallest absolute Gasteiger partial charge is 0.194 e. The van der Waals surface area contributed by atoms with Gasteiger partial charge in [0.2, 0.25) is 0 Å². The Morgan fingerprint density at radius 1 is 1.45 bits per heavy atom. The molecule has 1 aromatic carbocycles. The zero-order valence-corrected chi connectivity index (χ0v) is 15.5. The molecular weight excluding hydrogens is 395 g/mol. The molecule has 2 rings (SSSR count). The standard InChI is InChI=1S/C15H13BrNO2.Y/c1-3-9-19-11-7-8-12(13(16)10-11)14-5-4-6-15(18)17(14)2;/h3-4,6-8,10H,1,9H2,2H3;/q-1;. The summed E-state index contributed by atoms with van der Waals surface area (Å²) in [6.07, 6.45) is 1.69. The van der Waals surface area contributed by atoms with E-state index in [0.717, 1.165) is 21.5 Å². The maximum absolute atomic E-state index is 11.6. The quantitative estimate of drug-likeness (QED) is 0.575. The van der Waals surface area contributed by atoms with Crippen LogP contribution in [-0.4, -0.2) is 11.2 Å². The van der Waals surface area contributed by atoms with Gasteiger partial charge in [-0.3, -0.25) is 4.79 Å². The average Bonchev–Trinajstić information content (AvgIpc) is 2.40.